The zero-order valence-corrected chi connectivity index (χ0v) is 11.2. The third kappa shape index (κ3) is 1.79. The minimum atomic E-state index is -0.393. The number of aromatic nitrogens is 2. The normalized spacial score (nSPS) is 10.9. The highest BCUT2D eigenvalue weighted by Crippen LogP contribution is 2.30. The smallest absolute Gasteiger partial charge is 0.175 e. The Bertz CT molecular complexity index is 795. The highest BCUT2D eigenvalue weighted by Gasteiger charge is 2.14. The standard InChI is InChI=1S/C15H14FN3O/c1-9-8-10(5-6-12(9)20-2)13-14(17)19-7-3-4-11(16)15(19)18-13/h3-8H,17H2,1-2H3. The second-order valence-corrected chi connectivity index (χ2v) is 4.58. The molecule has 0 bridgehead atoms. The number of hydrogen-bond acceptors (Lipinski definition) is 3. The van der Waals surface area contributed by atoms with Crippen LogP contribution in [0.1, 0.15) is 5.56 Å². The molecular weight excluding hydrogens is 257 g/mol. The summed E-state index contributed by atoms with van der Waals surface area (Å²) in [5, 5.41) is 0. The molecule has 0 atom stereocenters. The number of nitrogens with two attached hydrogens (primary N) is 1. The first kappa shape index (κ1) is 12.5. The van der Waals surface area contributed by atoms with Crippen LogP contribution in [-0.4, -0.2) is 16.5 Å². The van der Waals surface area contributed by atoms with Crippen molar-refractivity contribution in [3.8, 4) is 17.0 Å². The maximum absolute atomic E-state index is 13.7. The number of fused-ring (bicyclic) bond motifs is 1. The van der Waals surface area contributed by atoms with Crippen molar-refractivity contribution in [3.05, 3.63) is 47.9 Å². The molecule has 102 valence electrons. The Balaban J connectivity index is 2.22. The molecule has 0 radical (unpaired) electrons. The number of ether oxygens (including phenoxy) is 1. The summed E-state index contributed by atoms with van der Waals surface area (Å²) >= 11 is 0. The lowest BCUT2D eigenvalue weighted by Gasteiger charge is -2.06. The third-order valence-corrected chi connectivity index (χ3v) is 3.31. The first-order chi connectivity index (χ1) is 9.61. The van der Waals surface area contributed by atoms with Gasteiger partial charge < -0.3 is 10.5 Å². The molecule has 4 nitrogen and oxygen atoms in total. The molecule has 2 aromatic heterocycles. The topological polar surface area (TPSA) is 52.5 Å². The predicted octanol–water partition coefficient (Wildman–Crippen LogP) is 3.04. The number of hydrogen-bond donors (Lipinski definition) is 1. The molecule has 0 saturated carbocycles. The highest BCUT2D eigenvalue weighted by atomic mass is 19.1. The summed E-state index contributed by atoms with van der Waals surface area (Å²) in [4.78, 5) is 4.30. The van der Waals surface area contributed by atoms with Crippen molar-refractivity contribution in [2.45, 2.75) is 6.92 Å². The van der Waals surface area contributed by atoms with Gasteiger partial charge in [0.25, 0.3) is 0 Å². The molecule has 0 aliphatic heterocycles. The van der Waals surface area contributed by atoms with E-state index >= 15 is 0 Å². The van der Waals surface area contributed by atoms with Gasteiger partial charge in [-0.15, -0.1) is 0 Å². The van der Waals surface area contributed by atoms with Gasteiger partial charge >= 0.3 is 0 Å². The van der Waals surface area contributed by atoms with Crippen LogP contribution in [0, 0.1) is 12.7 Å². The van der Waals surface area contributed by atoms with Gasteiger partial charge in [0.15, 0.2) is 11.5 Å². The quantitative estimate of drug-likeness (QED) is 0.779. The lowest BCUT2D eigenvalue weighted by molar-refractivity contribution is 0.412. The van der Waals surface area contributed by atoms with E-state index < -0.39 is 5.82 Å². The second-order valence-electron chi connectivity index (χ2n) is 4.58. The molecule has 0 saturated heterocycles. The van der Waals surface area contributed by atoms with E-state index in [1.165, 1.54) is 6.07 Å². The van der Waals surface area contributed by atoms with Gasteiger partial charge in [-0.05, 0) is 42.8 Å². The lowest BCUT2D eigenvalue weighted by Crippen LogP contribution is -1.95. The van der Waals surface area contributed by atoms with E-state index in [1.807, 2.05) is 25.1 Å². The maximum atomic E-state index is 13.7. The largest absolute Gasteiger partial charge is 0.496 e. The molecule has 3 aromatic rings. The fraction of sp³-hybridized carbons (Fsp3) is 0.133. The second kappa shape index (κ2) is 4.52. The molecule has 2 heterocycles. The zero-order valence-electron chi connectivity index (χ0n) is 11.2. The molecule has 0 aliphatic carbocycles. The average Bonchev–Trinajstić information content (AvgIpc) is 2.78. The third-order valence-electron chi connectivity index (χ3n) is 3.31. The molecule has 0 spiro atoms. The minimum absolute atomic E-state index is 0.230. The van der Waals surface area contributed by atoms with E-state index in [0.717, 1.165) is 16.9 Å². The number of halogens is 1. The van der Waals surface area contributed by atoms with Crippen molar-refractivity contribution >= 4 is 11.5 Å². The molecule has 20 heavy (non-hydrogen) atoms. The van der Waals surface area contributed by atoms with Crippen LogP contribution < -0.4 is 10.5 Å². The van der Waals surface area contributed by atoms with Gasteiger partial charge in [-0.3, -0.25) is 4.40 Å². The van der Waals surface area contributed by atoms with Crippen molar-refractivity contribution < 1.29 is 9.13 Å². The minimum Gasteiger partial charge on any atom is -0.496 e. The van der Waals surface area contributed by atoms with E-state index in [-0.39, 0.29) is 5.65 Å². The van der Waals surface area contributed by atoms with Gasteiger partial charge in [-0.25, -0.2) is 9.37 Å². The van der Waals surface area contributed by atoms with E-state index in [2.05, 4.69) is 4.98 Å². The first-order valence-electron chi connectivity index (χ1n) is 6.19. The van der Waals surface area contributed by atoms with Gasteiger partial charge in [0.2, 0.25) is 0 Å². The number of nitrogen functional groups attached to an aromatic ring is 1. The number of rotatable bonds is 2. The van der Waals surface area contributed by atoms with Gasteiger partial charge in [-0.2, -0.15) is 0 Å². The van der Waals surface area contributed by atoms with Crippen LogP contribution in [0.2, 0.25) is 0 Å². The highest BCUT2D eigenvalue weighted by molar-refractivity contribution is 5.76. The number of methoxy groups -OCH3 is 1. The number of benzene rings is 1. The van der Waals surface area contributed by atoms with Gasteiger partial charge in [0.05, 0.1) is 7.11 Å². The summed E-state index contributed by atoms with van der Waals surface area (Å²) in [5.41, 5.74) is 8.67. The maximum Gasteiger partial charge on any atom is 0.175 e. The van der Waals surface area contributed by atoms with Crippen LogP contribution in [0.15, 0.2) is 36.5 Å². The van der Waals surface area contributed by atoms with Crippen LogP contribution >= 0.6 is 0 Å². The monoisotopic (exact) mass is 271 g/mol. The Kier molecular flexibility index (Phi) is 2.82. The van der Waals surface area contributed by atoms with Crippen molar-refractivity contribution in [3.63, 3.8) is 0 Å². The molecule has 0 fully saturated rings. The van der Waals surface area contributed by atoms with Gasteiger partial charge in [0, 0.05) is 11.8 Å². The SMILES string of the molecule is COc1ccc(-c2nc3c(F)cccn3c2N)cc1C. The van der Waals surface area contributed by atoms with Crippen molar-refractivity contribution in [1.29, 1.82) is 0 Å². The van der Waals surface area contributed by atoms with Gasteiger partial charge in [-0.1, -0.05) is 0 Å². The zero-order chi connectivity index (χ0) is 14.3. The summed E-state index contributed by atoms with van der Waals surface area (Å²) in [6, 6.07) is 8.61. The molecule has 5 heteroatoms. The first-order valence-corrected chi connectivity index (χ1v) is 6.19. The van der Waals surface area contributed by atoms with Crippen LogP contribution in [0.3, 0.4) is 0 Å². The molecule has 0 aliphatic rings. The fourth-order valence-electron chi connectivity index (χ4n) is 2.29. The summed E-state index contributed by atoms with van der Waals surface area (Å²) in [6.07, 6.45) is 1.70. The molecular formula is C15H14FN3O. The summed E-state index contributed by atoms with van der Waals surface area (Å²) in [7, 11) is 1.62. The average molecular weight is 271 g/mol. The Hall–Kier alpha value is -2.56. The van der Waals surface area contributed by atoms with Crippen molar-refractivity contribution in [2.75, 3.05) is 12.8 Å². The van der Waals surface area contributed by atoms with E-state index in [9.17, 15) is 4.39 Å². The Morgan fingerprint density at radius 1 is 1.30 bits per heavy atom. The van der Waals surface area contributed by atoms with Crippen molar-refractivity contribution in [2.24, 2.45) is 0 Å². The van der Waals surface area contributed by atoms with Crippen LogP contribution in [0.25, 0.3) is 16.9 Å². The number of pyridine rings is 1. The number of nitrogens with zero attached hydrogens (tertiary/aromatic N) is 2. The Morgan fingerprint density at radius 2 is 2.10 bits per heavy atom. The van der Waals surface area contributed by atoms with Crippen LogP contribution in [0.4, 0.5) is 10.2 Å². The van der Waals surface area contributed by atoms with Gasteiger partial charge in [0.1, 0.15) is 17.3 Å². The molecule has 2 N–H and O–H groups in total. The number of anilines is 1. The lowest BCUT2D eigenvalue weighted by atomic mass is 10.1. The predicted molar refractivity (Wildman–Crippen MR) is 76.3 cm³/mol. The molecule has 0 unspecified atom stereocenters. The molecule has 0 amide bonds. The number of aryl methyl sites for hydroxylation is 1. The summed E-state index contributed by atoms with van der Waals surface area (Å²) < 4.78 is 20.5. The molecule has 3 rings (SSSR count). The number of imidazole rings is 1. The fourth-order valence-corrected chi connectivity index (χ4v) is 2.29. The molecule has 1 aromatic carbocycles. The van der Waals surface area contributed by atoms with E-state index in [1.54, 1.807) is 23.8 Å². The summed E-state index contributed by atoms with van der Waals surface area (Å²) in [5.74, 6) is 0.821. The Morgan fingerprint density at radius 3 is 2.75 bits per heavy atom. The van der Waals surface area contributed by atoms with Crippen molar-refractivity contribution in [1.82, 2.24) is 9.38 Å². The Labute approximate surface area is 115 Å². The summed E-state index contributed by atoms with van der Waals surface area (Å²) in [6.45, 7) is 1.94. The van der Waals surface area contributed by atoms with Crippen LogP contribution in [-0.2, 0) is 0 Å². The van der Waals surface area contributed by atoms with Crippen LogP contribution in [0.5, 0.6) is 5.75 Å². The van der Waals surface area contributed by atoms with E-state index in [4.69, 9.17) is 10.5 Å². The van der Waals surface area contributed by atoms with E-state index in [0.29, 0.717) is 11.5 Å².